The first kappa shape index (κ1) is 12.3. The van der Waals surface area contributed by atoms with Crippen LogP contribution in [0, 0.1) is 6.92 Å². The normalized spacial score (nSPS) is 16.3. The van der Waals surface area contributed by atoms with E-state index >= 15 is 0 Å². The average Bonchev–Trinajstić information content (AvgIpc) is 2.81. The van der Waals surface area contributed by atoms with Gasteiger partial charge in [-0.1, -0.05) is 18.2 Å². The molecule has 2 heterocycles. The van der Waals surface area contributed by atoms with E-state index in [0.29, 0.717) is 23.8 Å². The molecular formula is C12H14N4O2S. The molecule has 0 atom stereocenters. The van der Waals surface area contributed by atoms with E-state index in [1.807, 2.05) is 11.5 Å². The Morgan fingerprint density at radius 2 is 1.84 bits per heavy atom. The van der Waals surface area contributed by atoms with Gasteiger partial charge in [0.25, 0.3) is 0 Å². The summed E-state index contributed by atoms with van der Waals surface area (Å²) in [7, 11) is -3.44. The number of sulfonamides is 1. The first-order chi connectivity index (χ1) is 9.09. The zero-order chi connectivity index (χ0) is 13.5. The van der Waals surface area contributed by atoms with Crippen LogP contribution in [0.1, 0.15) is 11.6 Å². The van der Waals surface area contributed by atoms with Gasteiger partial charge in [-0.2, -0.15) is 4.31 Å². The first-order valence-corrected chi connectivity index (χ1v) is 7.47. The van der Waals surface area contributed by atoms with Crippen LogP contribution in [0.2, 0.25) is 0 Å². The second kappa shape index (κ2) is 4.43. The Kier molecular flexibility index (Phi) is 2.87. The quantitative estimate of drug-likeness (QED) is 0.814. The number of fused-ring (bicyclic) bond motifs is 1. The molecule has 3 rings (SSSR count). The number of hydrogen-bond acceptors (Lipinski definition) is 4. The molecule has 19 heavy (non-hydrogen) atoms. The highest BCUT2D eigenvalue weighted by atomic mass is 32.2. The molecule has 7 heteroatoms. The SMILES string of the molecule is Cc1nnc2n1CCN(S(=O)(=O)c1ccccc1)C2. The molecule has 0 saturated heterocycles. The molecular weight excluding hydrogens is 264 g/mol. The maximum Gasteiger partial charge on any atom is 0.243 e. The first-order valence-electron chi connectivity index (χ1n) is 6.03. The largest absolute Gasteiger partial charge is 0.313 e. The Bertz CT molecular complexity index is 694. The Hall–Kier alpha value is -1.73. The van der Waals surface area contributed by atoms with Crippen LogP contribution in [-0.2, 0) is 23.1 Å². The maximum atomic E-state index is 12.5. The molecule has 2 aromatic rings. The van der Waals surface area contributed by atoms with Crippen molar-refractivity contribution in [1.29, 1.82) is 0 Å². The minimum Gasteiger partial charge on any atom is -0.313 e. The molecule has 0 radical (unpaired) electrons. The second-order valence-corrected chi connectivity index (χ2v) is 6.40. The van der Waals surface area contributed by atoms with E-state index in [4.69, 9.17) is 0 Å². The van der Waals surface area contributed by atoms with E-state index < -0.39 is 10.0 Å². The highest BCUT2D eigenvalue weighted by molar-refractivity contribution is 7.89. The van der Waals surface area contributed by atoms with Crippen LogP contribution in [0.15, 0.2) is 35.2 Å². The zero-order valence-electron chi connectivity index (χ0n) is 10.5. The summed E-state index contributed by atoms with van der Waals surface area (Å²) in [6.07, 6.45) is 0. The predicted octanol–water partition coefficient (Wildman–Crippen LogP) is 0.791. The topological polar surface area (TPSA) is 68.1 Å². The molecule has 0 unspecified atom stereocenters. The number of hydrogen-bond donors (Lipinski definition) is 0. The highest BCUT2D eigenvalue weighted by Gasteiger charge is 2.29. The molecule has 1 aromatic heterocycles. The molecule has 0 N–H and O–H groups in total. The van der Waals surface area contributed by atoms with Gasteiger partial charge in [-0.25, -0.2) is 8.42 Å². The van der Waals surface area contributed by atoms with E-state index in [2.05, 4.69) is 10.2 Å². The van der Waals surface area contributed by atoms with E-state index in [1.54, 1.807) is 30.3 Å². The number of benzene rings is 1. The lowest BCUT2D eigenvalue weighted by molar-refractivity contribution is 0.333. The fourth-order valence-corrected chi connectivity index (χ4v) is 3.63. The molecule has 0 saturated carbocycles. The van der Waals surface area contributed by atoms with Crippen molar-refractivity contribution in [2.75, 3.05) is 6.54 Å². The van der Waals surface area contributed by atoms with Gasteiger partial charge in [0.1, 0.15) is 11.6 Å². The van der Waals surface area contributed by atoms with Crippen molar-refractivity contribution in [2.45, 2.75) is 24.9 Å². The van der Waals surface area contributed by atoms with Crippen LogP contribution in [-0.4, -0.2) is 34.0 Å². The van der Waals surface area contributed by atoms with Crippen molar-refractivity contribution in [1.82, 2.24) is 19.1 Å². The summed E-state index contributed by atoms with van der Waals surface area (Å²) in [5, 5.41) is 8.00. The van der Waals surface area contributed by atoms with Gasteiger partial charge in [0.2, 0.25) is 10.0 Å². The molecule has 0 bridgehead atoms. The summed E-state index contributed by atoms with van der Waals surface area (Å²) in [6, 6.07) is 8.47. The zero-order valence-corrected chi connectivity index (χ0v) is 11.3. The lowest BCUT2D eigenvalue weighted by atomic mass is 10.4. The smallest absolute Gasteiger partial charge is 0.243 e. The van der Waals surface area contributed by atoms with Gasteiger partial charge in [0.05, 0.1) is 11.4 Å². The number of aryl methyl sites for hydroxylation is 1. The minimum absolute atomic E-state index is 0.276. The van der Waals surface area contributed by atoms with Crippen molar-refractivity contribution in [2.24, 2.45) is 0 Å². The minimum atomic E-state index is -3.44. The van der Waals surface area contributed by atoms with Crippen LogP contribution in [0.3, 0.4) is 0 Å². The van der Waals surface area contributed by atoms with Crippen LogP contribution in [0.4, 0.5) is 0 Å². The van der Waals surface area contributed by atoms with Crippen molar-refractivity contribution < 1.29 is 8.42 Å². The Morgan fingerprint density at radius 3 is 2.58 bits per heavy atom. The molecule has 0 fully saturated rings. The van der Waals surface area contributed by atoms with Crippen LogP contribution >= 0.6 is 0 Å². The standard InChI is InChI=1S/C12H14N4O2S/c1-10-13-14-12-9-15(7-8-16(10)12)19(17,18)11-5-3-2-4-6-11/h2-6H,7-9H2,1H3. The fraction of sp³-hybridized carbons (Fsp3) is 0.333. The average molecular weight is 278 g/mol. The third kappa shape index (κ3) is 2.04. The van der Waals surface area contributed by atoms with Crippen LogP contribution in [0.25, 0.3) is 0 Å². The molecule has 100 valence electrons. The van der Waals surface area contributed by atoms with Gasteiger partial charge in [0, 0.05) is 13.1 Å². The van der Waals surface area contributed by atoms with Crippen LogP contribution in [0.5, 0.6) is 0 Å². The number of nitrogens with zero attached hydrogens (tertiary/aromatic N) is 4. The fourth-order valence-electron chi connectivity index (χ4n) is 2.23. The maximum absolute atomic E-state index is 12.5. The molecule has 0 amide bonds. The van der Waals surface area contributed by atoms with E-state index in [0.717, 1.165) is 5.82 Å². The number of rotatable bonds is 2. The molecule has 0 aliphatic carbocycles. The molecule has 1 aliphatic heterocycles. The van der Waals surface area contributed by atoms with E-state index in [9.17, 15) is 8.42 Å². The van der Waals surface area contributed by atoms with Gasteiger partial charge in [-0.15, -0.1) is 10.2 Å². The summed E-state index contributed by atoms with van der Waals surface area (Å²) in [5.41, 5.74) is 0. The summed E-state index contributed by atoms with van der Waals surface area (Å²) in [5.74, 6) is 1.52. The van der Waals surface area contributed by atoms with Crippen molar-refractivity contribution in [3.8, 4) is 0 Å². The van der Waals surface area contributed by atoms with Crippen molar-refractivity contribution in [3.05, 3.63) is 42.0 Å². The summed E-state index contributed by atoms with van der Waals surface area (Å²) >= 11 is 0. The second-order valence-electron chi connectivity index (χ2n) is 4.47. The van der Waals surface area contributed by atoms with Gasteiger partial charge >= 0.3 is 0 Å². The van der Waals surface area contributed by atoms with Crippen LogP contribution < -0.4 is 0 Å². The number of aromatic nitrogens is 3. The van der Waals surface area contributed by atoms with Gasteiger partial charge in [-0.05, 0) is 19.1 Å². The summed E-state index contributed by atoms with van der Waals surface area (Å²) in [4.78, 5) is 0.319. The molecule has 1 aliphatic rings. The third-order valence-electron chi connectivity index (χ3n) is 3.28. The monoisotopic (exact) mass is 278 g/mol. The lowest BCUT2D eigenvalue weighted by Gasteiger charge is -2.26. The van der Waals surface area contributed by atoms with Crippen molar-refractivity contribution >= 4 is 10.0 Å². The van der Waals surface area contributed by atoms with E-state index in [-0.39, 0.29) is 6.54 Å². The van der Waals surface area contributed by atoms with Gasteiger partial charge in [-0.3, -0.25) is 0 Å². The Morgan fingerprint density at radius 1 is 1.11 bits per heavy atom. The predicted molar refractivity (Wildman–Crippen MR) is 68.8 cm³/mol. The Balaban J connectivity index is 1.93. The van der Waals surface area contributed by atoms with Gasteiger partial charge < -0.3 is 4.57 Å². The van der Waals surface area contributed by atoms with Gasteiger partial charge in [0.15, 0.2) is 0 Å². The van der Waals surface area contributed by atoms with E-state index in [1.165, 1.54) is 4.31 Å². The lowest BCUT2D eigenvalue weighted by Crippen LogP contribution is -2.38. The Labute approximate surface area is 111 Å². The molecule has 1 aromatic carbocycles. The molecule has 0 spiro atoms. The molecule has 6 nitrogen and oxygen atoms in total. The third-order valence-corrected chi connectivity index (χ3v) is 5.14. The summed E-state index contributed by atoms with van der Waals surface area (Å²) in [6.45, 7) is 3.19. The highest BCUT2D eigenvalue weighted by Crippen LogP contribution is 2.20. The summed E-state index contributed by atoms with van der Waals surface area (Å²) < 4.78 is 28.4. The van der Waals surface area contributed by atoms with Crippen molar-refractivity contribution in [3.63, 3.8) is 0 Å².